The zero-order valence-corrected chi connectivity index (χ0v) is 14.2. The summed E-state index contributed by atoms with van der Waals surface area (Å²) >= 11 is 0. The summed E-state index contributed by atoms with van der Waals surface area (Å²) in [6.45, 7) is 2.80. The highest BCUT2D eigenvalue weighted by molar-refractivity contribution is 5.94. The van der Waals surface area contributed by atoms with Crippen molar-refractivity contribution in [2.45, 2.75) is 13.0 Å². The lowest BCUT2D eigenvalue weighted by Gasteiger charge is -2.25. The van der Waals surface area contributed by atoms with Crippen LogP contribution in [0.5, 0.6) is 11.5 Å². The van der Waals surface area contributed by atoms with Crippen molar-refractivity contribution >= 4 is 5.91 Å². The average molecular weight is 326 g/mol. The number of amides is 1. The number of nitrogens with one attached hydrogen (secondary N) is 1. The number of benzene rings is 2. The Morgan fingerprint density at radius 1 is 1.12 bits per heavy atom. The minimum atomic E-state index is -0.118. The van der Waals surface area contributed by atoms with Gasteiger partial charge < -0.3 is 19.7 Å². The molecule has 1 amide bonds. The molecule has 1 heterocycles. The van der Waals surface area contributed by atoms with Gasteiger partial charge in [0.15, 0.2) is 11.5 Å². The zero-order valence-electron chi connectivity index (χ0n) is 14.2. The highest BCUT2D eigenvalue weighted by Crippen LogP contribution is 2.32. The number of carbonyl (C=O) groups excluding carboxylic acids is 1. The lowest BCUT2D eigenvalue weighted by atomic mass is 10.0. The first-order valence-corrected chi connectivity index (χ1v) is 7.95. The normalized spacial score (nSPS) is 13.8. The van der Waals surface area contributed by atoms with E-state index in [2.05, 4.69) is 41.4 Å². The maximum atomic E-state index is 12.4. The van der Waals surface area contributed by atoms with E-state index in [-0.39, 0.29) is 18.7 Å². The van der Waals surface area contributed by atoms with Crippen LogP contribution in [0.25, 0.3) is 0 Å². The molecular weight excluding hydrogens is 304 g/mol. The van der Waals surface area contributed by atoms with Crippen LogP contribution in [-0.2, 0) is 0 Å². The SMILES string of the molecule is Cc1ccc(C(CNC(=O)c2ccc3c(c2)OCO3)N(C)C)cc1. The van der Waals surface area contributed by atoms with Crippen molar-refractivity contribution in [2.24, 2.45) is 0 Å². The number of rotatable bonds is 5. The Labute approximate surface area is 142 Å². The predicted molar refractivity (Wildman–Crippen MR) is 92.5 cm³/mol. The third-order valence-corrected chi connectivity index (χ3v) is 4.18. The van der Waals surface area contributed by atoms with Gasteiger partial charge in [-0.2, -0.15) is 0 Å². The van der Waals surface area contributed by atoms with Gasteiger partial charge in [0, 0.05) is 12.1 Å². The van der Waals surface area contributed by atoms with Gasteiger partial charge in [-0.3, -0.25) is 4.79 Å². The Balaban J connectivity index is 1.68. The second-order valence-electron chi connectivity index (χ2n) is 6.17. The maximum Gasteiger partial charge on any atom is 0.251 e. The number of hydrogen-bond acceptors (Lipinski definition) is 4. The van der Waals surface area contributed by atoms with E-state index in [9.17, 15) is 4.79 Å². The fourth-order valence-corrected chi connectivity index (χ4v) is 2.72. The standard InChI is InChI=1S/C19H22N2O3/c1-13-4-6-14(7-5-13)16(21(2)3)11-20-19(22)15-8-9-17-18(10-15)24-12-23-17/h4-10,16H,11-12H2,1-3H3,(H,20,22). The lowest BCUT2D eigenvalue weighted by Crippen LogP contribution is -2.34. The Morgan fingerprint density at radius 2 is 1.83 bits per heavy atom. The molecule has 0 bridgehead atoms. The summed E-state index contributed by atoms with van der Waals surface area (Å²) in [6, 6.07) is 13.7. The molecule has 3 rings (SSSR count). The first kappa shape index (κ1) is 16.3. The second kappa shape index (κ2) is 6.93. The van der Waals surface area contributed by atoms with E-state index in [1.807, 2.05) is 14.1 Å². The van der Waals surface area contributed by atoms with Crippen molar-refractivity contribution < 1.29 is 14.3 Å². The summed E-state index contributed by atoms with van der Waals surface area (Å²) in [5.41, 5.74) is 2.97. The third-order valence-electron chi connectivity index (χ3n) is 4.18. The van der Waals surface area contributed by atoms with Crippen LogP contribution in [0.15, 0.2) is 42.5 Å². The summed E-state index contributed by atoms with van der Waals surface area (Å²) in [5.74, 6) is 1.18. The monoisotopic (exact) mass is 326 g/mol. The molecule has 2 aromatic rings. The van der Waals surface area contributed by atoms with Gasteiger partial charge in [0.25, 0.3) is 5.91 Å². The number of fused-ring (bicyclic) bond motifs is 1. The van der Waals surface area contributed by atoms with Gasteiger partial charge in [-0.25, -0.2) is 0 Å². The molecule has 1 atom stereocenters. The van der Waals surface area contributed by atoms with Gasteiger partial charge in [0.2, 0.25) is 6.79 Å². The highest BCUT2D eigenvalue weighted by Gasteiger charge is 2.18. The highest BCUT2D eigenvalue weighted by atomic mass is 16.7. The van der Waals surface area contributed by atoms with Crippen LogP contribution >= 0.6 is 0 Å². The van der Waals surface area contributed by atoms with E-state index in [0.29, 0.717) is 23.6 Å². The van der Waals surface area contributed by atoms with Gasteiger partial charge in [-0.1, -0.05) is 29.8 Å². The van der Waals surface area contributed by atoms with Crippen LogP contribution in [0.2, 0.25) is 0 Å². The molecule has 5 nitrogen and oxygen atoms in total. The van der Waals surface area contributed by atoms with Crippen LogP contribution in [0.3, 0.4) is 0 Å². The van der Waals surface area contributed by atoms with Crippen molar-refractivity contribution in [3.63, 3.8) is 0 Å². The number of likely N-dealkylation sites (N-methyl/N-ethyl adjacent to an activating group) is 1. The molecule has 0 aliphatic carbocycles. The van der Waals surface area contributed by atoms with Crippen LogP contribution in [-0.4, -0.2) is 38.2 Å². The van der Waals surface area contributed by atoms with Crippen LogP contribution < -0.4 is 14.8 Å². The topological polar surface area (TPSA) is 50.8 Å². The van der Waals surface area contributed by atoms with Gasteiger partial charge in [0.05, 0.1) is 6.04 Å². The van der Waals surface area contributed by atoms with E-state index < -0.39 is 0 Å². The molecule has 0 saturated heterocycles. The first-order chi connectivity index (χ1) is 11.5. The molecule has 126 valence electrons. The fraction of sp³-hybridized carbons (Fsp3) is 0.316. The lowest BCUT2D eigenvalue weighted by molar-refractivity contribution is 0.0941. The van der Waals surface area contributed by atoms with Crippen molar-refractivity contribution in [1.82, 2.24) is 10.2 Å². The van der Waals surface area contributed by atoms with Gasteiger partial charge >= 0.3 is 0 Å². The zero-order chi connectivity index (χ0) is 17.1. The molecule has 2 aromatic carbocycles. The van der Waals surface area contributed by atoms with E-state index in [1.54, 1.807) is 18.2 Å². The second-order valence-corrected chi connectivity index (χ2v) is 6.17. The van der Waals surface area contributed by atoms with Crippen molar-refractivity contribution in [1.29, 1.82) is 0 Å². The Kier molecular flexibility index (Phi) is 4.71. The Morgan fingerprint density at radius 3 is 2.54 bits per heavy atom. The molecule has 1 N–H and O–H groups in total. The number of ether oxygens (including phenoxy) is 2. The molecule has 5 heteroatoms. The van der Waals surface area contributed by atoms with Crippen molar-refractivity contribution in [3.05, 3.63) is 59.2 Å². The largest absolute Gasteiger partial charge is 0.454 e. The summed E-state index contributed by atoms with van der Waals surface area (Å²) in [6.07, 6.45) is 0. The number of hydrogen-bond donors (Lipinski definition) is 1. The average Bonchev–Trinajstić information content (AvgIpc) is 3.03. The summed E-state index contributed by atoms with van der Waals surface area (Å²) in [7, 11) is 4.02. The molecule has 24 heavy (non-hydrogen) atoms. The van der Waals surface area contributed by atoms with E-state index in [4.69, 9.17) is 9.47 Å². The Bertz CT molecular complexity index is 726. The molecule has 1 aliphatic heterocycles. The van der Waals surface area contributed by atoms with Crippen molar-refractivity contribution in [3.8, 4) is 11.5 Å². The minimum absolute atomic E-state index is 0.114. The quantitative estimate of drug-likeness (QED) is 0.918. The van der Waals surface area contributed by atoms with E-state index >= 15 is 0 Å². The van der Waals surface area contributed by atoms with Crippen LogP contribution in [0.1, 0.15) is 27.5 Å². The fourth-order valence-electron chi connectivity index (χ4n) is 2.72. The summed E-state index contributed by atoms with van der Waals surface area (Å²) in [4.78, 5) is 14.5. The molecule has 0 saturated carbocycles. The molecule has 1 unspecified atom stereocenters. The van der Waals surface area contributed by atoms with Crippen LogP contribution in [0.4, 0.5) is 0 Å². The minimum Gasteiger partial charge on any atom is -0.454 e. The van der Waals surface area contributed by atoms with Gasteiger partial charge in [-0.05, 0) is 44.8 Å². The molecule has 0 radical (unpaired) electrons. The first-order valence-electron chi connectivity index (χ1n) is 7.95. The maximum absolute atomic E-state index is 12.4. The van der Waals surface area contributed by atoms with Crippen molar-refractivity contribution in [2.75, 3.05) is 27.4 Å². The van der Waals surface area contributed by atoms with Gasteiger partial charge in [-0.15, -0.1) is 0 Å². The molecule has 1 aliphatic rings. The van der Waals surface area contributed by atoms with Crippen LogP contribution in [0, 0.1) is 6.92 Å². The molecule has 0 fully saturated rings. The van der Waals surface area contributed by atoms with E-state index in [1.165, 1.54) is 11.1 Å². The number of carbonyl (C=O) groups is 1. The Hall–Kier alpha value is -2.53. The molecular formula is C19H22N2O3. The predicted octanol–water partition coefficient (Wildman–Crippen LogP) is 2.76. The molecule has 0 aromatic heterocycles. The smallest absolute Gasteiger partial charge is 0.251 e. The summed E-state index contributed by atoms with van der Waals surface area (Å²) < 4.78 is 10.6. The van der Waals surface area contributed by atoms with E-state index in [0.717, 1.165) is 0 Å². The summed E-state index contributed by atoms with van der Waals surface area (Å²) in [5, 5.41) is 3.01. The third kappa shape index (κ3) is 3.51. The number of nitrogens with zero attached hydrogens (tertiary/aromatic N) is 1. The number of aryl methyl sites for hydroxylation is 1. The van der Waals surface area contributed by atoms with Gasteiger partial charge in [0.1, 0.15) is 0 Å². The molecule has 0 spiro atoms.